The minimum absolute atomic E-state index is 0.0156. The lowest BCUT2D eigenvalue weighted by atomic mass is 9.78. The van der Waals surface area contributed by atoms with Gasteiger partial charge in [-0.05, 0) is 76.9 Å². The van der Waals surface area contributed by atoms with Gasteiger partial charge in [0.2, 0.25) is 0 Å². The van der Waals surface area contributed by atoms with Crippen LogP contribution in [-0.2, 0) is 0 Å². The van der Waals surface area contributed by atoms with Gasteiger partial charge in [-0.2, -0.15) is 0 Å². The number of aliphatic hydroxyl groups is 1. The molecule has 3 rings (SSSR count). The Labute approximate surface area is 130 Å². The zero-order valence-corrected chi connectivity index (χ0v) is 13.8. The molecule has 2 aliphatic carbocycles. The highest BCUT2D eigenvalue weighted by atomic mass is 16.3. The number of nitrogens with one attached hydrogen (secondary N) is 1. The molecule has 3 nitrogen and oxygen atoms in total. The van der Waals surface area contributed by atoms with Gasteiger partial charge in [0.05, 0.1) is 6.61 Å². The van der Waals surface area contributed by atoms with Crippen molar-refractivity contribution >= 4 is 0 Å². The van der Waals surface area contributed by atoms with Gasteiger partial charge in [0.15, 0.2) is 0 Å². The fraction of sp³-hybridized carbons (Fsp3) is 1.00. The van der Waals surface area contributed by atoms with Gasteiger partial charge in [0.1, 0.15) is 0 Å². The highest BCUT2D eigenvalue weighted by Gasteiger charge is 2.41. The number of likely N-dealkylation sites (N-methyl/N-ethyl adjacent to an activating group) is 1. The van der Waals surface area contributed by atoms with Crippen LogP contribution >= 0.6 is 0 Å². The smallest absolute Gasteiger partial charge is 0.0615 e. The fourth-order valence-electron chi connectivity index (χ4n) is 5.51. The normalized spacial score (nSPS) is 41.1. The SMILES string of the molecule is CNC1(CO)CCCC1CCN1CCC[C@H]2CCCC[C@H]21. The second kappa shape index (κ2) is 6.97. The largest absolute Gasteiger partial charge is 0.394 e. The summed E-state index contributed by atoms with van der Waals surface area (Å²) in [5, 5.41) is 13.3. The highest BCUT2D eigenvalue weighted by molar-refractivity contribution is 4.98. The molecule has 21 heavy (non-hydrogen) atoms. The molecule has 0 amide bonds. The molecule has 4 atom stereocenters. The highest BCUT2D eigenvalue weighted by Crippen LogP contribution is 2.39. The summed E-state index contributed by atoms with van der Waals surface area (Å²) in [6, 6.07) is 0.881. The van der Waals surface area contributed by atoms with Gasteiger partial charge in [0.25, 0.3) is 0 Å². The van der Waals surface area contributed by atoms with Crippen LogP contribution in [0.5, 0.6) is 0 Å². The van der Waals surface area contributed by atoms with Gasteiger partial charge in [-0.3, -0.25) is 0 Å². The number of hydrogen-bond donors (Lipinski definition) is 2. The fourth-order valence-corrected chi connectivity index (χ4v) is 5.51. The van der Waals surface area contributed by atoms with E-state index < -0.39 is 0 Å². The van der Waals surface area contributed by atoms with E-state index >= 15 is 0 Å². The number of fused-ring (bicyclic) bond motifs is 1. The van der Waals surface area contributed by atoms with Crippen molar-refractivity contribution in [1.82, 2.24) is 10.2 Å². The lowest BCUT2D eigenvalue weighted by molar-refractivity contribution is 0.0479. The van der Waals surface area contributed by atoms with Crippen LogP contribution in [0.25, 0.3) is 0 Å². The zero-order valence-electron chi connectivity index (χ0n) is 13.8. The van der Waals surface area contributed by atoms with Gasteiger partial charge < -0.3 is 15.3 Å². The molecule has 0 radical (unpaired) electrons. The van der Waals surface area contributed by atoms with E-state index in [-0.39, 0.29) is 5.54 Å². The van der Waals surface area contributed by atoms with Crippen molar-refractivity contribution in [2.24, 2.45) is 11.8 Å². The standard InChI is InChI=1S/C18H34N2O/c1-19-18(14-21)11-4-8-16(18)10-13-20-12-5-7-15-6-2-3-9-17(15)20/h15-17,19,21H,2-14H2,1H3/t15-,16?,17-,18?/m1/s1. The van der Waals surface area contributed by atoms with Crippen LogP contribution in [0.2, 0.25) is 0 Å². The predicted octanol–water partition coefficient (Wildman–Crippen LogP) is 2.78. The maximum Gasteiger partial charge on any atom is 0.0615 e. The summed E-state index contributed by atoms with van der Waals surface area (Å²) in [7, 11) is 2.03. The summed E-state index contributed by atoms with van der Waals surface area (Å²) in [6.45, 7) is 2.88. The van der Waals surface area contributed by atoms with Gasteiger partial charge >= 0.3 is 0 Å². The molecular weight excluding hydrogens is 260 g/mol. The summed E-state index contributed by atoms with van der Waals surface area (Å²) >= 11 is 0. The van der Waals surface area contributed by atoms with Gasteiger partial charge in [0, 0.05) is 11.6 Å². The van der Waals surface area contributed by atoms with E-state index in [1.54, 1.807) is 0 Å². The number of aliphatic hydroxyl groups excluding tert-OH is 1. The van der Waals surface area contributed by atoms with E-state index in [2.05, 4.69) is 10.2 Å². The van der Waals surface area contributed by atoms with E-state index in [1.165, 1.54) is 70.9 Å². The molecular formula is C18H34N2O. The summed E-state index contributed by atoms with van der Waals surface area (Å²) in [4.78, 5) is 2.81. The Morgan fingerprint density at radius 2 is 1.90 bits per heavy atom. The molecule has 122 valence electrons. The molecule has 3 aliphatic rings. The van der Waals surface area contributed by atoms with Crippen LogP contribution in [0.3, 0.4) is 0 Å². The van der Waals surface area contributed by atoms with Crippen molar-refractivity contribution in [2.75, 3.05) is 26.7 Å². The summed E-state index contributed by atoms with van der Waals surface area (Å²) in [6.07, 6.45) is 13.7. The minimum atomic E-state index is 0.0156. The summed E-state index contributed by atoms with van der Waals surface area (Å²) in [5.41, 5.74) is 0.0156. The number of nitrogens with zero attached hydrogens (tertiary/aromatic N) is 1. The van der Waals surface area contributed by atoms with Gasteiger partial charge in [-0.25, -0.2) is 0 Å². The van der Waals surface area contributed by atoms with E-state index in [9.17, 15) is 5.11 Å². The Hall–Kier alpha value is -0.120. The average Bonchev–Trinajstić information content (AvgIpc) is 2.96. The molecule has 2 unspecified atom stereocenters. The number of piperidine rings is 1. The van der Waals surface area contributed by atoms with Crippen LogP contribution < -0.4 is 5.32 Å². The molecule has 0 bridgehead atoms. The lowest BCUT2D eigenvalue weighted by Crippen LogP contribution is -2.51. The molecule has 0 aromatic rings. The van der Waals surface area contributed by atoms with Crippen molar-refractivity contribution < 1.29 is 5.11 Å². The Balaban J connectivity index is 1.56. The quantitative estimate of drug-likeness (QED) is 0.818. The first-order valence-corrected chi connectivity index (χ1v) is 9.33. The van der Waals surface area contributed by atoms with E-state index in [4.69, 9.17) is 0 Å². The lowest BCUT2D eigenvalue weighted by Gasteiger charge is -2.45. The summed E-state index contributed by atoms with van der Waals surface area (Å²) < 4.78 is 0. The van der Waals surface area contributed by atoms with Crippen molar-refractivity contribution in [3.05, 3.63) is 0 Å². The predicted molar refractivity (Wildman–Crippen MR) is 87.4 cm³/mol. The topological polar surface area (TPSA) is 35.5 Å². The maximum absolute atomic E-state index is 9.84. The first-order chi connectivity index (χ1) is 10.3. The van der Waals surface area contributed by atoms with Crippen LogP contribution in [0, 0.1) is 11.8 Å². The molecule has 3 heteroatoms. The molecule has 1 heterocycles. The van der Waals surface area contributed by atoms with Gasteiger partial charge in [-0.15, -0.1) is 0 Å². The molecule has 2 N–H and O–H groups in total. The minimum Gasteiger partial charge on any atom is -0.394 e. The second-order valence-electron chi connectivity index (χ2n) is 7.73. The number of hydrogen-bond acceptors (Lipinski definition) is 3. The van der Waals surface area contributed by atoms with E-state index in [0.717, 1.165) is 18.4 Å². The van der Waals surface area contributed by atoms with E-state index in [0.29, 0.717) is 12.5 Å². The number of likely N-dealkylation sites (tertiary alicyclic amines) is 1. The third-order valence-corrected chi connectivity index (χ3v) is 6.86. The second-order valence-corrected chi connectivity index (χ2v) is 7.73. The third-order valence-electron chi connectivity index (χ3n) is 6.86. The summed E-state index contributed by atoms with van der Waals surface area (Å²) in [5.74, 6) is 1.65. The molecule has 1 saturated heterocycles. The third kappa shape index (κ3) is 3.16. The molecule has 2 saturated carbocycles. The van der Waals surface area contributed by atoms with Crippen molar-refractivity contribution in [3.8, 4) is 0 Å². The average molecular weight is 294 g/mol. The maximum atomic E-state index is 9.84. The Morgan fingerprint density at radius 3 is 2.71 bits per heavy atom. The van der Waals surface area contributed by atoms with Crippen molar-refractivity contribution in [2.45, 2.75) is 75.8 Å². The van der Waals surface area contributed by atoms with E-state index in [1.807, 2.05) is 7.05 Å². The Bertz CT molecular complexity index is 327. The first-order valence-electron chi connectivity index (χ1n) is 9.33. The molecule has 0 spiro atoms. The van der Waals surface area contributed by atoms with Crippen LogP contribution in [0.4, 0.5) is 0 Å². The Morgan fingerprint density at radius 1 is 1.10 bits per heavy atom. The molecule has 0 aromatic carbocycles. The van der Waals surface area contributed by atoms with Crippen LogP contribution in [0.1, 0.15) is 64.2 Å². The van der Waals surface area contributed by atoms with Crippen molar-refractivity contribution in [1.29, 1.82) is 0 Å². The molecule has 3 fully saturated rings. The van der Waals surface area contributed by atoms with Gasteiger partial charge in [-0.1, -0.05) is 19.3 Å². The Kier molecular flexibility index (Phi) is 5.23. The zero-order chi connectivity index (χ0) is 14.7. The first kappa shape index (κ1) is 15.8. The molecule has 0 aromatic heterocycles. The monoisotopic (exact) mass is 294 g/mol. The van der Waals surface area contributed by atoms with Crippen molar-refractivity contribution in [3.63, 3.8) is 0 Å². The van der Waals surface area contributed by atoms with Crippen LogP contribution in [0.15, 0.2) is 0 Å². The van der Waals surface area contributed by atoms with Crippen LogP contribution in [-0.4, -0.2) is 48.3 Å². The molecule has 1 aliphatic heterocycles. The number of rotatable bonds is 5.